The Bertz CT molecular complexity index is 209. The van der Waals surface area contributed by atoms with E-state index in [4.69, 9.17) is 0 Å². The summed E-state index contributed by atoms with van der Waals surface area (Å²) in [5.74, 6) is 0.781. The van der Waals surface area contributed by atoms with Crippen LogP contribution in [0.1, 0.15) is 39.5 Å². The molecule has 0 aliphatic heterocycles. The van der Waals surface area contributed by atoms with Crippen LogP contribution in [-0.2, 0) is 0 Å². The first kappa shape index (κ1) is 9.99. The van der Waals surface area contributed by atoms with Gasteiger partial charge in [-0.15, -0.1) is 9.24 Å². The van der Waals surface area contributed by atoms with Crippen LogP contribution in [0.5, 0.6) is 0 Å². The topological polar surface area (TPSA) is 0 Å². The van der Waals surface area contributed by atoms with Crippen molar-refractivity contribution in [2.45, 2.75) is 39.5 Å². The molecule has 1 saturated carbocycles. The lowest BCUT2D eigenvalue weighted by molar-refractivity contribution is 0.474. The molecular formula is C11H19P. The first-order valence-electron chi connectivity index (χ1n) is 4.70. The smallest absolute Gasteiger partial charge is 0.0163 e. The van der Waals surface area contributed by atoms with Gasteiger partial charge in [-0.2, -0.15) is 0 Å². The predicted octanol–water partition coefficient (Wildman–Crippen LogP) is 3.90. The first-order chi connectivity index (χ1) is 5.61. The molecule has 68 valence electrons. The quantitative estimate of drug-likeness (QED) is 0.426. The standard InChI is InChI=1S/C11H19P/c1-8-5-4-6-11(7-8)9(2)10(3)12/h11H,1,4-7,12H2,2-3H3/b10-9-. The lowest BCUT2D eigenvalue weighted by atomic mass is 9.82. The van der Waals surface area contributed by atoms with Gasteiger partial charge in [0, 0.05) is 0 Å². The third-order valence-corrected chi connectivity index (χ3v) is 3.31. The van der Waals surface area contributed by atoms with Crippen molar-refractivity contribution in [3.05, 3.63) is 23.0 Å². The maximum atomic E-state index is 4.08. The molecule has 0 nitrogen and oxygen atoms in total. The van der Waals surface area contributed by atoms with Gasteiger partial charge in [0.15, 0.2) is 0 Å². The highest BCUT2D eigenvalue weighted by atomic mass is 31.0. The van der Waals surface area contributed by atoms with E-state index in [2.05, 4.69) is 29.7 Å². The van der Waals surface area contributed by atoms with E-state index in [0.29, 0.717) is 0 Å². The normalized spacial score (nSPS) is 26.9. The Hall–Kier alpha value is -0.0900. The van der Waals surface area contributed by atoms with Gasteiger partial charge in [0.2, 0.25) is 0 Å². The maximum Gasteiger partial charge on any atom is -0.0163 e. The number of hydrogen-bond acceptors (Lipinski definition) is 0. The zero-order valence-electron chi connectivity index (χ0n) is 8.19. The molecular weight excluding hydrogens is 163 g/mol. The maximum absolute atomic E-state index is 4.08. The largest absolute Gasteiger partial charge is 0.110 e. The van der Waals surface area contributed by atoms with Crippen LogP contribution in [0.3, 0.4) is 0 Å². The number of hydrogen-bond donors (Lipinski definition) is 0. The van der Waals surface area contributed by atoms with Gasteiger partial charge in [-0.25, -0.2) is 0 Å². The average molecular weight is 182 g/mol. The Balaban J connectivity index is 2.63. The molecule has 2 atom stereocenters. The van der Waals surface area contributed by atoms with Crippen LogP contribution in [0.4, 0.5) is 0 Å². The molecule has 12 heavy (non-hydrogen) atoms. The van der Waals surface area contributed by atoms with Crippen LogP contribution in [0.2, 0.25) is 0 Å². The molecule has 0 aromatic carbocycles. The molecule has 1 fully saturated rings. The molecule has 0 N–H and O–H groups in total. The molecule has 0 amide bonds. The predicted molar refractivity (Wildman–Crippen MR) is 59.2 cm³/mol. The van der Waals surface area contributed by atoms with Crippen LogP contribution in [0.15, 0.2) is 23.0 Å². The van der Waals surface area contributed by atoms with E-state index in [9.17, 15) is 0 Å². The Morgan fingerprint density at radius 3 is 2.67 bits per heavy atom. The number of allylic oxidation sites excluding steroid dienone is 3. The highest BCUT2D eigenvalue weighted by Crippen LogP contribution is 2.34. The van der Waals surface area contributed by atoms with Crippen LogP contribution in [0.25, 0.3) is 0 Å². The van der Waals surface area contributed by atoms with Crippen molar-refractivity contribution in [1.29, 1.82) is 0 Å². The van der Waals surface area contributed by atoms with Crippen molar-refractivity contribution < 1.29 is 0 Å². The van der Waals surface area contributed by atoms with Gasteiger partial charge in [-0.05, 0) is 45.4 Å². The second-order valence-corrected chi connectivity index (χ2v) is 4.78. The van der Waals surface area contributed by atoms with Crippen molar-refractivity contribution >= 4 is 9.24 Å². The van der Waals surface area contributed by atoms with E-state index in [1.165, 1.54) is 36.6 Å². The summed E-state index contributed by atoms with van der Waals surface area (Å²) in [6, 6.07) is 0. The van der Waals surface area contributed by atoms with Gasteiger partial charge >= 0.3 is 0 Å². The summed E-state index contributed by atoms with van der Waals surface area (Å²) in [5, 5.41) is 1.41. The molecule has 0 aromatic rings. The van der Waals surface area contributed by atoms with Crippen molar-refractivity contribution in [3.63, 3.8) is 0 Å². The Kier molecular flexibility index (Phi) is 3.53. The minimum Gasteiger partial charge on any atom is -0.110 e. The highest BCUT2D eigenvalue weighted by molar-refractivity contribution is 7.22. The van der Waals surface area contributed by atoms with Crippen LogP contribution in [0, 0.1) is 5.92 Å². The molecule has 0 aromatic heterocycles. The van der Waals surface area contributed by atoms with Crippen molar-refractivity contribution in [3.8, 4) is 0 Å². The van der Waals surface area contributed by atoms with Crippen molar-refractivity contribution in [2.24, 2.45) is 5.92 Å². The SMILES string of the molecule is C=C1CCCC(/C(C)=C(/C)P)C1. The van der Waals surface area contributed by atoms with Crippen molar-refractivity contribution in [1.82, 2.24) is 0 Å². The van der Waals surface area contributed by atoms with Crippen LogP contribution < -0.4 is 0 Å². The highest BCUT2D eigenvalue weighted by Gasteiger charge is 2.17. The molecule has 0 saturated heterocycles. The lowest BCUT2D eigenvalue weighted by Gasteiger charge is -2.25. The molecule has 0 bridgehead atoms. The Morgan fingerprint density at radius 1 is 1.50 bits per heavy atom. The molecule has 0 radical (unpaired) electrons. The average Bonchev–Trinajstić information content (AvgIpc) is 2.03. The second kappa shape index (κ2) is 4.23. The summed E-state index contributed by atoms with van der Waals surface area (Å²) in [4.78, 5) is 0. The van der Waals surface area contributed by atoms with E-state index in [1.54, 1.807) is 5.57 Å². The summed E-state index contributed by atoms with van der Waals surface area (Å²) >= 11 is 0. The van der Waals surface area contributed by atoms with E-state index < -0.39 is 0 Å². The van der Waals surface area contributed by atoms with Crippen LogP contribution in [-0.4, -0.2) is 0 Å². The van der Waals surface area contributed by atoms with Crippen LogP contribution >= 0.6 is 9.24 Å². The minimum absolute atomic E-state index is 0.781. The van der Waals surface area contributed by atoms with Gasteiger partial charge in [-0.3, -0.25) is 0 Å². The first-order valence-corrected chi connectivity index (χ1v) is 5.28. The fourth-order valence-corrected chi connectivity index (χ4v) is 2.08. The second-order valence-electron chi connectivity index (χ2n) is 3.91. The monoisotopic (exact) mass is 182 g/mol. The summed E-state index contributed by atoms with van der Waals surface area (Å²) in [7, 11) is 2.81. The zero-order valence-corrected chi connectivity index (χ0v) is 9.34. The summed E-state index contributed by atoms with van der Waals surface area (Å²) in [6.07, 6.45) is 5.16. The summed E-state index contributed by atoms with van der Waals surface area (Å²) in [5.41, 5.74) is 3.00. The molecule has 0 spiro atoms. The number of rotatable bonds is 1. The van der Waals surface area contributed by atoms with E-state index >= 15 is 0 Å². The van der Waals surface area contributed by atoms with E-state index in [0.717, 1.165) is 5.92 Å². The molecule has 1 aliphatic carbocycles. The fourth-order valence-electron chi connectivity index (χ4n) is 1.84. The molecule has 2 unspecified atom stereocenters. The molecule has 1 rings (SSSR count). The van der Waals surface area contributed by atoms with Gasteiger partial charge in [0.1, 0.15) is 0 Å². The van der Waals surface area contributed by atoms with Gasteiger partial charge < -0.3 is 0 Å². The van der Waals surface area contributed by atoms with Crippen molar-refractivity contribution in [2.75, 3.05) is 0 Å². The van der Waals surface area contributed by atoms with E-state index in [1.807, 2.05) is 0 Å². The molecule has 0 heterocycles. The lowest BCUT2D eigenvalue weighted by Crippen LogP contribution is -2.09. The van der Waals surface area contributed by atoms with Gasteiger partial charge in [0.05, 0.1) is 0 Å². The van der Waals surface area contributed by atoms with E-state index in [-0.39, 0.29) is 0 Å². The zero-order chi connectivity index (χ0) is 9.14. The Morgan fingerprint density at radius 2 is 2.17 bits per heavy atom. The third-order valence-electron chi connectivity index (χ3n) is 2.85. The molecule has 1 aliphatic rings. The minimum atomic E-state index is 0.781. The Labute approximate surface area is 78.3 Å². The van der Waals surface area contributed by atoms with Gasteiger partial charge in [0.25, 0.3) is 0 Å². The third kappa shape index (κ3) is 2.45. The summed E-state index contributed by atoms with van der Waals surface area (Å²) in [6.45, 7) is 8.51. The fraction of sp³-hybridized carbons (Fsp3) is 0.636. The summed E-state index contributed by atoms with van der Waals surface area (Å²) < 4.78 is 0. The van der Waals surface area contributed by atoms with Gasteiger partial charge in [-0.1, -0.05) is 23.0 Å². The molecule has 1 heteroatoms.